The number of hydrogen-bond acceptors (Lipinski definition) is 3. The number of carbonyl (C=O) groups excluding carboxylic acids is 1. The van der Waals surface area contributed by atoms with Gasteiger partial charge in [-0.3, -0.25) is 4.79 Å². The number of primary amides is 1. The van der Waals surface area contributed by atoms with E-state index in [1.165, 1.54) is 12.8 Å². The van der Waals surface area contributed by atoms with E-state index in [4.69, 9.17) is 11.5 Å². The van der Waals surface area contributed by atoms with Crippen LogP contribution in [0.15, 0.2) is 18.2 Å². The molecule has 94 valence electrons. The third-order valence-corrected chi connectivity index (χ3v) is 2.76. The lowest BCUT2D eigenvalue weighted by Gasteiger charge is -2.17. The zero-order valence-corrected chi connectivity index (χ0v) is 10.5. The highest BCUT2D eigenvalue weighted by Crippen LogP contribution is 2.23. The average Bonchev–Trinajstić information content (AvgIpc) is 2.28. The van der Waals surface area contributed by atoms with Gasteiger partial charge in [0.1, 0.15) is 0 Å². The van der Waals surface area contributed by atoms with Gasteiger partial charge in [0.15, 0.2) is 0 Å². The molecule has 0 aliphatic carbocycles. The van der Waals surface area contributed by atoms with Gasteiger partial charge in [0.25, 0.3) is 5.91 Å². The van der Waals surface area contributed by atoms with Gasteiger partial charge in [-0.15, -0.1) is 0 Å². The molecule has 0 saturated carbocycles. The van der Waals surface area contributed by atoms with E-state index < -0.39 is 5.91 Å². The molecule has 0 aliphatic rings. The van der Waals surface area contributed by atoms with Crippen molar-refractivity contribution in [3.8, 4) is 0 Å². The smallest absolute Gasteiger partial charge is 0.250 e. The van der Waals surface area contributed by atoms with Crippen molar-refractivity contribution in [3.05, 3.63) is 23.8 Å². The van der Waals surface area contributed by atoms with Crippen molar-refractivity contribution in [2.45, 2.75) is 39.2 Å². The largest absolute Gasteiger partial charge is 0.396 e. The van der Waals surface area contributed by atoms with Gasteiger partial charge in [-0.05, 0) is 25.5 Å². The minimum absolute atomic E-state index is 0.334. The molecule has 17 heavy (non-hydrogen) atoms. The highest BCUT2D eigenvalue weighted by Gasteiger charge is 2.10. The average molecular weight is 235 g/mol. The second-order valence-corrected chi connectivity index (χ2v) is 4.32. The van der Waals surface area contributed by atoms with Crippen molar-refractivity contribution in [2.24, 2.45) is 5.73 Å². The Hall–Kier alpha value is -1.71. The first kappa shape index (κ1) is 13.4. The standard InChI is InChI=1S/C13H21N3O/c1-3-4-6-9(2)16-11-8-5-7-10(12(11)14)13(15)17/h5,7-9,16H,3-4,6,14H2,1-2H3,(H2,15,17). The molecule has 0 saturated heterocycles. The van der Waals surface area contributed by atoms with E-state index in [0.717, 1.165) is 12.1 Å². The molecule has 0 aromatic heterocycles. The van der Waals surface area contributed by atoms with Crippen LogP contribution in [0, 0.1) is 0 Å². The number of para-hydroxylation sites is 1. The summed E-state index contributed by atoms with van der Waals surface area (Å²) in [6, 6.07) is 5.62. The molecule has 0 spiro atoms. The maximum absolute atomic E-state index is 11.1. The molecule has 4 heteroatoms. The molecule has 0 heterocycles. The first-order valence-corrected chi connectivity index (χ1v) is 6.01. The molecule has 1 unspecified atom stereocenters. The Morgan fingerprint density at radius 2 is 2.18 bits per heavy atom. The summed E-state index contributed by atoms with van der Waals surface area (Å²) in [5.74, 6) is -0.493. The van der Waals surface area contributed by atoms with Gasteiger partial charge in [-0.2, -0.15) is 0 Å². The van der Waals surface area contributed by atoms with Gasteiger partial charge in [-0.1, -0.05) is 25.8 Å². The first-order chi connectivity index (χ1) is 8.06. The van der Waals surface area contributed by atoms with Crippen molar-refractivity contribution in [3.63, 3.8) is 0 Å². The maximum Gasteiger partial charge on any atom is 0.250 e. The Balaban J connectivity index is 2.77. The predicted molar refractivity (Wildman–Crippen MR) is 72.0 cm³/mol. The van der Waals surface area contributed by atoms with Crippen LogP contribution in [0.25, 0.3) is 0 Å². The van der Waals surface area contributed by atoms with Crippen molar-refractivity contribution in [2.75, 3.05) is 11.1 Å². The summed E-state index contributed by atoms with van der Waals surface area (Å²) in [6.07, 6.45) is 3.42. The Morgan fingerprint density at radius 1 is 1.47 bits per heavy atom. The number of amides is 1. The number of carbonyl (C=O) groups is 1. The third-order valence-electron chi connectivity index (χ3n) is 2.76. The monoisotopic (exact) mass is 235 g/mol. The number of hydrogen-bond donors (Lipinski definition) is 3. The minimum Gasteiger partial charge on any atom is -0.396 e. The fourth-order valence-electron chi connectivity index (χ4n) is 1.75. The molecule has 0 aliphatic heterocycles. The number of unbranched alkanes of at least 4 members (excludes halogenated alkanes) is 1. The number of nitrogen functional groups attached to an aromatic ring is 1. The van der Waals surface area contributed by atoms with E-state index >= 15 is 0 Å². The fraction of sp³-hybridized carbons (Fsp3) is 0.462. The normalized spacial score (nSPS) is 12.1. The Kier molecular flexibility index (Phi) is 4.82. The van der Waals surface area contributed by atoms with Gasteiger partial charge >= 0.3 is 0 Å². The second-order valence-electron chi connectivity index (χ2n) is 4.32. The molecule has 1 aromatic carbocycles. The second kappa shape index (κ2) is 6.13. The number of nitrogens with two attached hydrogens (primary N) is 2. The van der Waals surface area contributed by atoms with Crippen LogP contribution in [0.4, 0.5) is 11.4 Å². The van der Waals surface area contributed by atoms with Crippen LogP contribution in [-0.2, 0) is 0 Å². The Labute approximate surface area is 102 Å². The summed E-state index contributed by atoms with van der Waals surface area (Å²) in [5.41, 5.74) is 12.7. The van der Waals surface area contributed by atoms with Gasteiger partial charge < -0.3 is 16.8 Å². The molecule has 4 nitrogen and oxygen atoms in total. The van der Waals surface area contributed by atoms with E-state index in [1.807, 2.05) is 6.07 Å². The van der Waals surface area contributed by atoms with Crippen molar-refractivity contribution >= 4 is 17.3 Å². The Bertz CT molecular complexity index is 390. The van der Waals surface area contributed by atoms with Crippen LogP contribution in [0.3, 0.4) is 0 Å². The predicted octanol–water partition coefficient (Wildman–Crippen LogP) is 2.36. The topological polar surface area (TPSA) is 81.1 Å². The Morgan fingerprint density at radius 3 is 2.76 bits per heavy atom. The lowest BCUT2D eigenvalue weighted by atomic mass is 10.1. The lowest BCUT2D eigenvalue weighted by molar-refractivity contribution is 0.100. The number of nitrogens with one attached hydrogen (secondary N) is 1. The SMILES string of the molecule is CCCCC(C)Nc1cccc(C(N)=O)c1N. The quantitative estimate of drug-likeness (QED) is 0.662. The molecule has 1 rings (SSSR count). The van der Waals surface area contributed by atoms with Crippen LogP contribution in [-0.4, -0.2) is 11.9 Å². The summed E-state index contributed by atoms with van der Waals surface area (Å²) in [6.45, 7) is 4.26. The van der Waals surface area contributed by atoms with Gasteiger partial charge in [-0.25, -0.2) is 0 Å². The number of anilines is 2. The summed E-state index contributed by atoms with van der Waals surface area (Å²) in [5, 5.41) is 3.31. The zero-order valence-electron chi connectivity index (χ0n) is 10.5. The first-order valence-electron chi connectivity index (χ1n) is 6.01. The fourth-order valence-corrected chi connectivity index (χ4v) is 1.75. The minimum atomic E-state index is -0.493. The third kappa shape index (κ3) is 3.66. The molecule has 0 fully saturated rings. The number of rotatable bonds is 6. The van der Waals surface area contributed by atoms with Gasteiger partial charge in [0.2, 0.25) is 0 Å². The molecular weight excluding hydrogens is 214 g/mol. The van der Waals surface area contributed by atoms with Crippen LogP contribution < -0.4 is 16.8 Å². The van der Waals surface area contributed by atoms with E-state index in [2.05, 4.69) is 19.2 Å². The maximum atomic E-state index is 11.1. The van der Waals surface area contributed by atoms with Crippen molar-refractivity contribution in [1.29, 1.82) is 0 Å². The van der Waals surface area contributed by atoms with Crippen LogP contribution >= 0.6 is 0 Å². The molecule has 0 radical (unpaired) electrons. The lowest BCUT2D eigenvalue weighted by Crippen LogP contribution is -2.18. The van der Waals surface area contributed by atoms with Gasteiger partial charge in [0.05, 0.1) is 16.9 Å². The van der Waals surface area contributed by atoms with E-state index in [1.54, 1.807) is 12.1 Å². The zero-order chi connectivity index (χ0) is 12.8. The summed E-state index contributed by atoms with van der Waals surface area (Å²) in [4.78, 5) is 11.1. The molecule has 1 aromatic rings. The van der Waals surface area contributed by atoms with Crippen LogP contribution in [0.5, 0.6) is 0 Å². The highest BCUT2D eigenvalue weighted by atomic mass is 16.1. The summed E-state index contributed by atoms with van der Waals surface area (Å²) < 4.78 is 0. The molecule has 0 bridgehead atoms. The summed E-state index contributed by atoms with van der Waals surface area (Å²) >= 11 is 0. The van der Waals surface area contributed by atoms with E-state index in [9.17, 15) is 4.79 Å². The molecule has 1 atom stereocenters. The van der Waals surface area contributed by atoms with Gasteiger partial charge in [0, 0.05) is 6.04 Å². The van der Waals surface area contributed by atoms with E-state index in [-0.39, 0.29) is 0 Å². The van der Waals surface area contributed by atoms with Crippen molar-refractivity contribution < 1.29 is 4.79 Å². The van der Waals surface area contributed by atoms with Crippen LogP contribution in [0.2, 0.25) is 0 Å². The summed E-state index contributed by atoms with van der Waals surface area (Å²) in [7, 11) is 0. The molecular formula is C13H21N3O. The van der Waals surface area contributed by atoms with E-state index in [0.29, 0.717) is 17.3 Å². The highest BCUT2D eigenvalue weighted by molar-refractivity contribution is 6.00. The number of benzene rings is 1. The van der Waals surface area contributed by atoms with Crippen molar-refractivity contribution in [1.82, 2.24) is 0 Å². The molecule has 1 amide bonds. The van der Waals surface area contributed by atoms with Crippen LogP contribution in [0.1, 0.15) is 43.5 Å². The molecule has 5 N–H and O–H groups in total.